The molecule has 2 aromatic rings. The van der Waals surface area contributed by atoms with Gasteiger partial charge in [0.15, 0.2) is 0 Å². The lowest BCUT2D eigenvalue weighted by molar-refractivity contribution is 0.318. The first kappa shape index (κ1) is 13.6. The van der Waals surface area contributed by atoms with Crippen LogP contribution in [0.15, 0.2) is 48.5 Å². The number of hydrogen-bond donors (Lipinski definition) is 1. The summed E-state index contributed by atoms with van der Waals surface area (Å²) < 4.78 is 5.79. The van der Waals surface area contributed by atoms with Crippen LogP contribution in [0.4, 0.5) is 0 Å². The Bertz CT molecular complexity index is 517. The third-order valence-electron chi connectivity index (χ3n) is 3.10. The smallest absolute Gasteiger partial charge is 0.127 e. The second kappa shape index (κ2) is 6.39. The van der Waals surface area contributed by atoms with Crippen LogP contribution < -0.4 is 10.5 Å². The van der Waals surface area contributed by atoms with Crippen LogP contribution >= 0.6 is 0 Å². The molecule has 0 radical (unpaired) electrons. The maximum Gasteiger partial charge on any atom is 0.127 e. The number of benzene rings is 2. The quantitative estimate of drug-likeness (QED) is 0.870. The fourth-order valence-electron chi connectivity index (χ4n) is 2.01. The van der Waals surface area contributed by atoms with E-state index in [9.17, 15) is 0 Å². The molecule has 0 aromatic heterocycles. The molecule has 0 heterocycles. The van der Waals surface area contributed by atoms with Crippen molar-refractivity contribution in [1.29, 1.82) is 0 Å². The molecule has 0 bridgehead atoms. The van der Waals surface area contributed by atoms with E-state index in [1.54, 1.807) is 0 Å². The van der Waals surface area contributed by atoms with Crippen molar-refractivity contribution in [2.75, 3.05) is 6.61 Å². The fraction of sp³-hybridized carbons (Fsp3) is 0.294. The normalized spacial score (nSPS) is 12.2. The first-order valence-corrected chi connectivity index (χ1v) is 6.80. The van der Waals surface area contributed by atoms with Crippen LogP contribution in [0, 0.1) is 0 Å². The Morgan fingerprint density at radius 1 is 1.05 bits per heavy atom. The molecule has 2 N–H and O–H groups in total. The van der Waals surface area contributed by atoms with Crippen LogP contribution in [-0.2, 0) is 0 Å². The highest BCUT2D eigenvalue weighted by Crippen LogP contribution is 2.30. The van der Waals surface area contributed by atoms with Crippen molar-refractivity contribution in [1.82, 2.24) is 0 Å². The zero-order valence-electron chi connectivity index (χ0n) is 11.6. The Kier molecular flexibility index (Phi) is 4.58. The van der Waals surface area contributed by atoms with Crippen molar-refractivity contribution in [3.63, 3.8) is 0 Å². The van der Waals surface area contributed by atoms with Crippen LogP contribution in [0.25, 0.3) is 11.1 Å². The molecule has 0 aliphatic heterocycles. The number of ether oxygens (including phenoxy) is 1. The summed E-state index contributed by atoms with van der Waals surface area (Å²) in [6, 6.07) is 16.6. The molecule has 0 amide bonds. The van der Waals surface area contributed by atoms with E-state index < -0.39 is 0 Å². The van der Waals surface area contributed by atoms with Gasteiger partial charge in [0.05, 0.1) is 6.61 Å². The molecule has 100 valence electrons. The van der Waals surface area contributed by atoms with Crippen LogP contribution in [0.3, 0.4) is 0 Å². The molecule has 19 heavy (non-hydrogen) atoms. The summed E-state index contributed by atoms with van der Waals surface area (Å²) in [5.41, 5.74) is 9.32. The molecule has 0 fully saturated rings. The Morgan fingerprint density at radius 2 is 1.74 bits per heavy atom. The second-order valence-corrected chi connectivity index (χ2v) is 4.76. The van der Waals surface area contributed by atoms with Gasteiger partial charge in [-0.15, -0.1) is 0 Å². The number of para-hydroxylation sites is 1. The lowest BCUT2D eigenvalue weighted by Crippen LogP contribution is -2.04. The Balaban J connectivity index is 2.30. The van der Waals surface area contributed by atoms with E-state index in [1.807, 2.05) is 25.1 Å². The molecule has 2 rings (SSSR count). The Morgan fingerprint density at radius 3 is 2.37 bits per heavy atom. The molecule has 0 spiro atoms. The maximum absolute atomic E-state index is 5.87. The number of hydrogen-bond acceptors (Lipinski definition) is 2. The summed E-state index contributed by atoms with van der Waals surface area (Å²) in [5, 5.41) is 0. The average molecular weight is 255 g/mol. The van der Waals surface area contributed by atoms with Crippen molar-refractivity contribution in [3.05, 3.63) is 54.1 Å². The van der Waals surface area contributed by atoms with Crippen LogP contribution in [-0.4, -0.2) is 6.61 Å². The summed E-state index contributed by atoms with van der Waals surface area (Å²) in [6.07, 6.45) is 1.01. The monoisotopic (exact) mass is 255 g/mol. The summed E-state index contributed by atoms with van der Waals surface area (Å²) in [5.74, 6) is 0.942. The van der Waals surface area contributed by atoms with Crippen LogP contribution in [0.5, 0.6) is 5.75 Å². The molecule has 1 unspecified atom stereocenters. The first-order chi connectivity index (χ1) is 9.22. The van der Waals surface area contributed by atoms with E-state index in [0.717, 1.165) is 35.5 Å². The number of nitrogens with two attached hydrogens (primary N) is 1. The topological polar surface area (TPSA) is 35.2 Å². The average Bonchev–Trinajstić information content (AvgIpc) is 2.45. The van der Waals surface area contributed by atoms with Crippen molar-refractivity contribution < 1.29 is 4.74 Å². The zero-order valence-corrected chi connectivity index (χ0v) is 11.6. The summed E-state index contributed by atoms with van der Waals surface area (Å²) in [6.45, 7) is 4.85. The van der Waals surface area contributed by atoms with E-state index in [0.29, 0.717) is 0 Å². The maximum atomic E-state index is 5.87. The molecular formula is C17H21NO. The lowest BCUT2D eigenvalue weighted by atomic mass is 10.0. The molecule has 2 nitrogen and oxygen atoms in total. The van der Waals surface area contributed by atoms with Gasteiger partial charge in [-0.1, -0.05) is 49.4 Å². The predicted molar refractivity (Wildman–Crippen MR) is 80.3 cm³/mol. The minimum atomic E-state index is 0.0700. The summed E-state index contributed by atoms with van der Waals surface area (Å²) >= 11 is 0. The van der Waals surface area contributed by atoms with Crippen LogP contribution in [0.1, 0.15) is 31.9 Å². The minimum absolute atomic E-state index is 0.0700. The van der Waals surface area contributed by atoms with Gasteiger partial charge in [-0.25, -0.2) is 0 Å². The molecular weight excluding hydrogens is 234 g/mol. The summed E-state index contributed by atoms with van der Waals surface area (Å²) in [4.78, 5) is 0. The van der Waals surface area contributed by atoms with Gasteiger partial charge < -0.3 is 10.5 Å². The molecule has 1 atom stereocenters. The first-order valence-electron chi connectivity index (χ1n) is 6.80. The van der Waals surface area contributed by atoms with E-state index in [-0.39, 0.29) is 6.04 Å². The summed E-state index contributed by atoms with van der Waals surface area (Å²) in [7, 11) is 0. The van der Waals surface area contributed by atoms with Gasteiger partial charge in [0.2, 0.25) is 0 Å². The molecule has 0 saturated carbocycles. The van der Waals surface area contributed by atoms with E-state index in [2.05, 4.69) is 37.3 Å². The Hall–Kier alpha value is -1.80. The third kappa shape index (κ3) is 3.36. The van der Waals surface area contributed by atoms with E-state index >= 15 is 0 Å². The highest BCUT2D eigenvalue weighted by Gasteiger charge is 2.06. The van der Waals surface area contributed by atoms with Gasteiger partial charge in [0.1, 0.15) is 5.75 Å². The van der Waals surface area contributed by atoms with Gasteiger partial charge in [-0.05, 0) is 30.5 Å². The second-order valence-electron chi connectivity index (χ2n) is 4.76. The predicted octanol–water partition coefficient (Wildman–Crippen LogP) is 4.16. The van der Waals surface area contributed by atoms with Crippen molar-refractivity contribution in [3.8, 4) is 16.9 Å². The molecule has 0 saturated heterocycles. The van der Waals surface area contributed by atoms with Gasteiger partial charge in [0, 0.05) is 11.6 Å². The number of rotatable bonds is 5. The third-order valence-corrected chi connectivity index (χ3v) is 3.10. The standard InChI is InChI=1S/C17H21NO/c1-3-12-19-17-7-5-4-6-16(17)15-10-8-14(9-11-15)13(2)18/h4-11,13H,3,12,18H2,1-2H3. The van der Waals surface area contributed by atoms with Gasteiger partial charge in [-0.2, -0.15) is 0 Å². The zero-order chi connectivity index (χ0) is 13.7. The van der Waals surface area contributed by atoms with Gasteiger partial charge in [-0.3, -0.25) is 0 Å². The van der Waals surface area contributed by atoms with E-state index in [4.69, 9.17) is 10.5 Å². The molecule has 2 heteroatoms. The SMILES string of the molecule is CCCOc1ccccc1-c1ccc(C(C)N)cc1. The molecule has 0 aliphatic carbocycles. The van der Waals surface area contributed by atoms with Crippen molar-refractivity contribution >= 4 is 0 Å². The van der Waals surface area contributed by atoms with Crippen molar-refractivity contribution in [2.45, 2.75) is 26.3 Å². The minimum Gasteiger partial charge on any atom is -0.493 e. The Labute approximate surface area is 115 Å². The van der Waals surface area contributed by atoms with Gasteiger partial charge in [0.25, 0.3) is 0 Å². The fourth-order valence-corrected chi connectivity index (χ4v) is 2.01. The van der Waals surface area contributed by atoms with Crippen molar-refractivity contribution in [2.24, 2.45) is 5.73 Å². The molecule has 0 aliphatic rings. The lowest BCUT2D eigenvalue weighted by Gasteiger charge is -2.12. The largest absolute Gasteiger partial charge is 0.493 e. The highest BCUT2D eigenvalue weighted by molar-refractivity contribution is 5.70. The van der Waals surface area contributed by atoms with Crippen LogP contribution in [0.2, 0.25) is 0 Å². The molecule has 2 aromatic carbocycles. The van der Waals surface area contributed by atoms with Gasteiger partial charge >= 0.3 is 0 Å². The van der Waals surface area contributed by atoms with E-state index in [1.165, 1.54) is 0 Å². The highest BCUT2D eigenvalue weighted by atomic mass is 16.5.